The van der Waals surface area contributed by atoms with E-state index in [1.165, 1.54) is 11.3 Å². The third kappa shape index (κ3) is 4.62. The minimum absolute atomic E-state index is 0.716. The van der Waals surface area contributed by atoms with Gasteiger partial charge in [0.15, 0.2) is 0 Å². The first kappa shape index (κ1) is 17.1. The summed E-state index contributed by atoms with van der Waals surface area (Å²) in [5.41, 5.74) is 2.55. The third-order valence-electron chi connectivity index (χ3n) is 4.24. The van der Waals surface area contributed by atoms with Crippen molar-refractivity contribution in [1.29, 1.82) is 0 Å². The molecule has 1 aliphatic rings. The molecule has 4 nitrogen and oxygen atoms in total. The number of hydrogen-bond acceptors (Lipinski definition) is 4. The first-order valence-electron chi connectivity index (χ1n) is 8.72. The Bertz CT molecular complexity index is 442. The van der Waals surface area contributed by atoms with Crippen molar-refractivity contribution >= 4 is 5.69 Å². The molecule has 4 heteroatoms. The standard InChI is InChI=1S/C18H31N3O/c1-4-9-19-15-16-7-8-17(18(14-16)22-6-3)21-12-10-20(5-2)11-13-21/h7-8,14,19H,4-6,9-13,15H2,1-3H3. The van der Waals surface area contributed by atoms with Crippen LogP contribution in [0, 0.1) is 0 Å². The Hall–Kier alpha value is -1.26. The van der Waals surface area contributed by atoms with Gasteiger partial charge in [-0.3, -0.25) is 0 Å². The van der Waals surface area contributed by atoms with Crippen LogP contribution in [0.5, 0.6) is 5.75 Å². The second kappa shape index (κ2) is 9.01. The number of nitrogens with zero attached hydrogens (tertiary/aromatic N) is 2. The first-order valence-corrected chi connectivity index (χ1v) is 8.72. The minimum Gasteiger partial charge on any atom is -0.492 e. The summed E-state index contributed by atoms with van der Waals surface area (Å²) in [4.78, 5) is 4.96. The fraction of sp³-hybridized carbons (Fsp3) is 0.667. The van der Waals surface area contributed by atoms with E-state index in [2.05, 4.69) is 54.1 Å². The second-order valence-corrected chi connectivity index (χ2v) is 5.83. The number of rotatable bonds is 8. The van der Waals surface area contributed by atoms with Gasteiger partial charge in [-0.25, -0.2) is 0 Å². The highest BCUT2D eigenvalue weighted by Gasteiger charge is 2.19. The Morgan fingerprint density at radius 2 is 1.86 bits per heavy atom. The van der Waals surface area contributed by atoms with E-state index in [-0.39, 0.29) is 0 Å². The van der Waals surface area contributed by atoms with Crippen molar-refractivity contribution in [3.8, 4) is 5.75 Å². The van der Waals surface area contributed by atoms with Crippen molar-refractivity contribution < 1.29 is 4.74 Å². The van der Waals surface area contributed by atoms with Crippen LogP contribution < -0.4 is 15.0 Å². The monoisotopic (exact) mass is 305 g/mol. The van der Waals surface area contributed by atoms with E-state index in [0.29, 0.717) is 6.61 Å². The van der Waals surface area contributed by atoms with Crippen LogP contribution in [0.1, 0.15) is 32.8 Å². The van der Waals surface area contributed by atoms with Gasteiger partial charge in [-0.05, 0) is 44.1 Å². The topological polar surface area (TPSA) is 27.7 Å². The van der Waals surface area contributed by atoms with Crippen molar-refractivity contribution in [2.45, 2.75) is 33.7 Å². The molecule has 124 valence electrons. The lowest BCUT2D eigenvalue weighted by Crippen LogP contribution is -2.46. The van der Waals surface area contributed by atoms with Gasteiger partial charge in [0.2, 0.25) is 0 Å². The van der Waals surface area contributed by atoms with Gasteiger partial charge in [-0.2, -0.15) is 0 Å². The normalized spacial score (nSPS) is 16.0. The molecule has 22 heavy (non-hydrogen) atoms. The molecular weight excluding hydrogens is 274 g/mol. The van der Waals surface area contributed by atoms with Crippen LogP contribution in [0.4, 0.5) is 5.69 Å². The fourth-order valence-electron chi connectivity index (χ4n) is 2.92. The highest BCUT2D eigenvalue weighted by molar-refractivity contribution is 5.60. The number of anilines is 1. The van der Waals surface area contributed by atoms with Crippen molar-refractivity contribution in [2.75, 3.05) is 50.8 Å². The summed E-state index contributed by atoms with van der Waals surface area (Å²) in [6.45, 7) is 14.8. The van der Waals surface area contributed by atoms with Gasteiger partial charge >= 0.3 is 0 Å². The van der Waals surface area contributed by atoms with Gasteiger partial charge in [0.05, 0.1) is 12.3 Å². The molecule has 0 aliphatic carbocycles. The smallest absolute Gasteiger partial charge is 0.142 e. The Balaban J connectivity index is 2.06. The van der Waals surface area contributed by atoms with Crippen molar-refractivity contribution in [3.05, 3.63) is 23.8 Å². The Morgan fingerprint density at radius 1 is 1.09 bits per heavy atom. The molecule has 1 aromatic rings. The average molecular weight is 305 g/mol. The van der Waals surface area contributed by atoms with E-state index >= 15 is 0 Å². The van der Waals surface area contributed by atoms with Crippen LogP contribution in [0.15, 0.2) is 18.2 Å². The van der Waals surface area contributed by atoms with E-state index in [9.17, 15) is 0 Å². The lowest BCUT2D eigenvalue weighted by molar-refractivity contribution is 0.269. The molecule has 0 aromatic heterocycles. The second-order valence-electron chi connectivity index (χ2n) is 5.83. The molecule has 1 aromatic carbocycles. The molecule has 0 atom stereocenters. The summed E-state index contributed by atoms with van der Waals surface area (Å²) in [5, 5.41) is 3.46. The molecule has 0 saturated carbocycles. The van der Waals surface area contributed by atoms with Crippen molar-refractivity contribution in [3.63, 3.8) is 0 Å². The quantitative estimate of drug-likeness (QED) is 0.748. The number of hydrogen-bond donors (Lipinski definition) is 1. The summed E-state index contributed by atoms with van der Waals surface area (Å²) in [7, 11) is 0. The molecule has 1 fully saturated rings. The molecule has 0 bridgehead atoms. The van der Waals surface area contributed by atoms with Crippen LogP contribution in [-0.4, -0.2) is 50.8 Å². The maximum absolute atomic E-state index is 5.91. The average Bonchev–Trinajstić information content (AvgIpc) is 2.56. The summed E-state index contributed by atoms with van der Waals surface area (Å²) >= 11 is 0. The molecule has 1 heterocycles. The number of benzene rings is 1. The van der Waals surface area contributed by atoms with E-state index in [1.54, 1.807) is 0 Å². The third-order valence-corrected chi connectivity index (χ3v) is 4.24. The highest BCUT2D eigenvalue weighted by Crippen LogP contribution is 2.30. The molecule has 1 aliphatic heterocycles. The van der Waals surface area contributed by atoms with Gasteiger partial charge in [-0.15, -0.1) is 0 Å². The SMILES string of the molecule is CCCNCc1ccc(N2CCN(CC)CC2)c(OCC)c1. The van der Waals surface area contributed by atoms with Gasteiger partial charge in [0, 0.05) is 32.7 Å². The number of likely N-dealkylation sites (N-methyl/N-ethyl adjacent to an activating group) is 1. The lowest BCUT2D eigenvalue weighted by Gasteiger charge is -2.36. The minimum atomic E-state index is 0.716. The number of nitrogens with one attached hydrogen (secondary N) is 1. The summed E-state index contributed by atoms with van der Waals surface area (Å²) in [5.74, 6) is 1.03. The molecule has 0 spiro atoms. The van der Waals surface area contributed by atoms with E-state index < -0.39 is 0 Å². The van der Waals surface area contributed by atoms with E-state index in [0.717, 1.165) is 58.0 Å². The maximum atomic E-state index is 5.91. The predicted octanol–water partition coefficient (Wildman–Crippen LogP) is 2.73. The number of piperazine rings is 1. The molecule has 1 saturated heterocycles. The van der Waals surface area contributed by atoms with Crippen molar-refractivity contribution in [1.82, 2.24) is 10.2 Å². The summed E-state index contributed by atoms with van der Waals surface area (Å²) < 4.78 is 5.91. The van der Waals surface area contributed by atoms with E-state index in [4.69, 9.17) is 4.74 Å². The number of ether oxygens (including phenoxy) is 1. The van der Waals surface area contributed by atoms with Gasteiger partial charge in [-0.1, -0.05) is 19.9 Å². The predicted molar refractivity (Wildman–Crippen MR) is 93.9 cm³/mol. The Morgan fingerprint density at radius 3 is 2.50 bits per heavy atom. The van der Waals surface area contributed by atoms with Crippen LogP contribution >= 0.6 is 0 Å². The molecule has 0 amide bonds. The Kier molecular flexibility index (Phi) is 7.00. The maximum Gasteiger partial charge on any atom is 0.142 e. The van der Waals surface area contributed by atoms with Crippen LogP contribution in [-0.2, 0) is 6.54 Å². The Labute approximate surface area is 135 Å². The molecular formula is C18H31N3O. The van der Waals surface area contributed by atoms with Crippen LogP contribution in [0.3, 0.4) is 0 Å². The van der Waals surface area contributed by atoms with Crippen LogP contribution in [0.25, 0.3) is 0 Å². The van der Waals surface area contributed by atoms with Gasteiger partial charge < -0.3 is 19.9 Å². The molecule has 0 radical (unpaired) electrons. The highest BCUT2D eigenvalue weighted by atomic mass is 16.5. The van der Waals surface area contributed by atoms with Crippen molar-refractivity contribution in [2.24, 2.45) is 0 Å². The largest absolute Gasteiger partial charge is 0.492 e. The lowest BCUT2D eigenvalue weighted by atomic mass is 10.1. The van der Waals surface area contributed by atoms with E-state index in [1.807, 2.05) is 0 Å². The first-order chi connectivity index (χ1) is 10.8. The molecule has 0 unspecified atom stereocenters. The van der Waals surface area contributed by atoms with Crippen LogP contribution in [0.2, 0.25) is 0 Å². The zero-order valence-corrected chi connectivity index (χ0v) is 14.4. The summed E-state index contributed by atoms with van der Waals surface area (Å²) in [6.07, 6.45) is 1.16. The zero-order valence-electron chi connectivity index (χ0n) is 14.4. The summed E-state index contributed by atoms with van der Waals surface area (Å²) in [6, 6.07) is 6.66. The molecule has 2 rings (SSSR count). The van der Waals surface area contributed by atoms with Gasteiger partial charge in [0.1, 0.15) is 5.75 Å². The zero-order chi connectivity index (χ0) is 15.8. The fourth-order valence-corrected chi connectivity index (χ4v) is 2.92. The van der Waals surface area contributed by atoms with Gasteiger partial charge in [0.25, 0.3) is 0 Å². The molecule has 1 N–H and O–H groups in total.